The zero-order valence-electron chi connectivity index (χ0n) is 10.4. The van der Waals surface area contributed by atoms with Crippen LogP contribution >= 0.6 is 11.3 Å². The largest absolute Gasteiger partial charge is 0.411 e. The molecule has 1 rings (SSSR count). The monoisotopic (exact) mass is 282 g/mol. The van der Waals surface area contributed by atoms with Crippen molar-refractivity contribution in [3.8, 4) is 0 Å². The Morgan fingerprint density at radius 1 is 1.44 bits per heavy atom. The first-order valence-electron chi connectivity index (χ1n) is 5.68. The van der Waals surface area contributed by atoms with E-state index in [-0.39, 0.29) is 6.61 Å². The molecule has 0 radical (unpaired) electrons. The third-order valence-corrected chi connectivity index (χ3v) is 2.97. The van der Waals surface area contributed by atoms with Crippen LogP contribution in [0.25, 0.3) is 0 Å². The van der Waals surface area contributed by atoms with Gasteiger partial charge >= 0.3 is 6.18 Å². The smallest absolute Gasteiger partial charge is 0.372 e. The molecular weight excluding hydrogens is 265 g/mol. The van der Waals surface area contributed by atoms with Gasteiger partial charge in [-0.15, -0.1) is 11.3 Å². The molecule has 1 heterocycles. The predicted molar refractivity (Wildman–Crippen MR) is 64.7 cm³/mol. The SMILES string of the molecule is CC(C)NCc1csc(CCOCC(F)(F)F)n1. The first kappa shape index (κ1) is 15.4. The van der Waals surface area contributed by atoms with Crippen LogP contribution in [0, 0.1) is 0 Å². The Balaban J connectivity index is 2.23. The highest BCUT2D eigenvalue weighted by atomic mass is 32.1. The molecule has 0 saturated carbocycles. The Kier molecular flexibility index (Phi) is 6.04. The molecule has 1 aromatic rings. The summed E-state index contributed by atoms with van der Waals surface area (Å²) in [5, 5.41) is 5.94. The van der Waals surface area contributed by atoms with E-state index in [1.807, 2.05) is 19.2 Å². The second-order valence-electron chi connectivity index (χ2n) is 4.19. The molecule has 0 saturated heterocycles. The second kappa shape index (κ2) is 7.06. The molecule has 0 unspecified atom stereocenters. The Morgan fingerprint density at radius 3 is 2.78 bits per heavy atom. The molecule has 0 aliphatic carbocycles. The Hall–Kier alpha value is -0.660. The van der Waals surface area contributed by atoms with Gasteiger partial charge in [0, 0.05) is 24.4 Å². The van der Waals surface area contributed by atoms with E-state index in [4.69, 9.17) is 0 Å². The molecule has 1 N–H and O–H groups in total. The van der Waals surface area contributed by atoms with Crippen molar-refractivity contribution in [3.05, 3.63) is 16.1 Å². The highest BCUT2D eigenvalue weighted by Gasteiger charge is 2.27. The number of hydrogen-bond donors (Lipinski definition) is 1. The molecule has 3 nitrogen and oxygen atoms in total. The lowest BCUT2D eigenvalue weighted by molar-refractivity contribution is -0.173. The number of thiazole rings is 1. The minimum atomic E-state index is -4.25. The van der Waals surface area contributed by atoms with E-state index in [1.165, 1.54) is 11.3 Å². The number of hydrogen-bond acceptors (Lipinski definition) is 4. The van der Waals surface area contributed by atoms with Crippen LogP contribution in [-0.2, 0) is 17.7 Å². The summed E-state index contributed by atoms with van der Waals surface area (Å²) in [5.74, 6) is 0. The van der Waals surface area contributed by atoms with Gasteiger partial charge in [0.15, 0.2) is 0 Å². The molecule has 7 heteroatoms. The zero-order valence-corrected chi connectivity index (χ0v) is 11.2. The average Bonchev–Trinajstić information content (AvgIpc) is 2.68. The number of rotatable bonds is 7. The van der Waals surface area contributed by atoms with E-state index in [9.17, 15) is 13.2 Å². The number of halogens is 3. The summed E-state index contributed by atoms with van der Waals surface area (Å²) >= 11 is 1.45. The summed E-state index contributed by atoms with van der Waals surface area (Å²) in [7, 11) is 0. The highest BCUT2D eigenvalue weighted by molar-refractivity contribution is 7.09. The van der Waals surface area contributed by atoms with E-state index in [1.54, 1.807) is 0 Å². The van der Waals surface area contributed by atoms with Crippen LogP contribution in [0.1, 0.15) is 24.5 Å². The van der Waals surface area contributed by atoms with Crippen LogP contribution in [-0.4, -0.2) is 30.4 Å². The van der Waals surface area contributed by atoms with Crippen molar-refractivity contribution >= 4 is 11.3 Å². The van der Waals surface area contributed by atoms with Crippen LogP contribution in [0.2, 0.25) is 0 Å². The number of aromatic nitrogens is 1. The molecule has 1 aromatic heterocycles. The minimum absolute atomic E-state index is 0.0457. The lowest BCUT2D eigenvalue weighted by Gasteiger charge is -2.06. The highest BCUT2D eigenvalue weighted by Crippen LogP contribution is 2.15. The number of nitrogens with zero attached hydrogens (tertiary/aromatic N) is 1. The second-order valence-corrected chi connectivity index (χ2v) is 5.13. The van der Waals surface area contributed by atoms with Crippen molar-refractivity contribution in [2.45, 2.75) is 39.0 Å². The molecular formula is C11H17F3N2OS. The first-order valence-corrected chi connectivity index (χ1v) is 6.56. The van der Waals surface area contributed by atoms with Crippen molar-refractivity contribution in [3.63, 3.8) is 0 Å². The molecule has 0 atom stereocenters. The van der Waals surface area contributed by atoms with Gasteiger partial charge in [0.25, 0.3) is 0 Å². The van der Waals surface area contributed by atoms with Gasteiger partial charge < -0.3 is 10.1 Å². The van der Waals surface area contributed by atoms with Gasteiger partial charge in [0.2, 0.25) is 0 Å². The van der Waals surface area contributed by atoms with Gasteiger partial charge in [0.1, 0.15) is 6.61 Å². The van der Waals surface area contributed by atoms with Crippen LogP contribution in [0.4, 0.5) is 13.2 Å². The molecule has 0 amide bonds. The van der Waals surface area contributed by atoms with E-state index in [0.717, 1.165) is 10.7 Å². The zero-order chi connectivity index (χ0) is 13.6. The fourth-order valence-corrected chi connectivity index (χ4v) is 1.98. The molecule has 0 spiro atoms. The van der Waals surface area contributed by atoms with Crippen molar-refractivity contribution in [2.24, 2.45) is 0 Å². The normalized spacial score (nSPS) is 12.3. The Labute approximate surface area is 108 Å². The number of ether oxygens (including phenoxy) is 1. The van der Waals surface area contributed by atoms with E-state index in [2.05, 4.69) is 15.0 Å². The maximum absolute atomic E-state index is 11.8. The van der Waals surface area contributed by atoms with Crippen molar-refractivity contribution in [1.29, 1.82) is 0 Å². The fourth-order valence-electron chi connectivity index (χ4n) is 1.20. The summed E-state index contributed by atoms with van der Waals surface area (Å²) in [6, 6.07) is 0.380. The van der Waals surface area contributed by atoms with Crippen molar-refractivity contribution < 1.29 is 17.9 Å². The molecule has 104 valence electrons. The summed E-state index contributed by atoms with van der Waals surface area (Å²) in [5.41, 5.74) is 0.916. The Morgan fingerprint density at radius 2 is 2.17 bits per heavy atom. The molecule has 0 aliphatic heterocycles. The summed E-state index contributed by atoms with van der Waals surface area (Å²) < 4.78 is 40.0. The molecule has 0 bridgehead atoms. The molecule has 0 aliphatic rings. The molecule has 0 aromatic carbocycles. The maximum atomic E-state index is 11.8. The van der Waals surface area contributed by atoms with Crippen molar-refractivity contribution in [1.82, 2.24) is 10.3 Å². The standard InChI is InChI=1S/C11H17F3N2OS/c1-8(2)15-5-9-6-18-10(16-9)3-4-17-7-11(12,13)14/h6,8,15H,3-5,7H2,1-2H3. The maximum Gasteiger partial charge on any atom is 0.411 e. The van der Waals surface area contributed by atoms with Crippen molar-refractivity contribution in [2.75, 3.05) is 13.2 Å². The first-order chi connectivity index (χ1) is 8.37. The fraction of sp³-hybridized carbons (Fsp3) is 0.727. The number of nitrogens with one attached hydrogen (secondary N) is 1. The lowest BCUT2D eigenvalue weighted by atomic mass is 10.3. The van der Waals surface area contributed by atoms with E-state index in [0.29, 0.717) is 19.0 Å². The summed E-state index contributed by atoms with van der Waals surface area (Å²) in [6.07, 6.45) is -3.84. The van der Waals surface area contributed by atoms with Crippen LogP contribution < -0.4 is 5.32 Å². The van der Waals surface area contributed by atoms with Gasteiger partial charge in [-0.1, -0.05) is 13.8 Å². The summed E-state index contributed by atoms with van der Waals surface area (Å²) in [6.45, 7) is 3.61. The summed E-state index contributed by atoms with van der Waals surface area (Å²) in [4.78, 5) is 4.31. The molecule has 0 fully saturated rings. The molecule has 18 heavy (non-hydrogen) atoms. The van der Waals surface area contributed by atoms with E-state index < -0.39 is 12.8 Å². The van der Waals surface area contributed by atoms with Crippen LogP contribution in [0.15, 0.2) is 5.38 Å². The van der Waals surface area contributed by atoms with Gasteiger partial charge in [-0.3, -0.25) is 0 Å². The Bertz CT molecular complexity index is 352. The third kappa shape index (κ3) is 6.93. The van der Waals surface area contributed by atoms with Gasteiger partial charge in [-0.25, -0.2) is 4.98 Å². The topological polar surface area (TPSA) is 34.1 Å². The third-order valence-electron chi connectivity index (χ3n) is 2.02. The quantitative estimate of drug-likeness (QED) is 0.781. The van der Waals surface area contributed by atoms with E-state index >= 15 is 0 Å². The lowest BCUT2D eigenvalue weighted by Crippen LogP contribution is -2.22. The van der Waals surface area contributed by atoms with Crippen LogP contribution in [0.5, 0.6) is 0 Å². The minimum Gasteiger partial charge on any atom is -0.372 e. The average molecular weight is 282 g/mol. The van der Waals surface area contributed by atoms with Gasteiger partial charge in [-0.2, -0.15) is 13.2 Å². The number of alkyl halides is 3. The predicted octanol–water partition coefficient (Wildman–Crippen LogP) is 2.76. The van der Waals surface area contributed by atoms with Crippen LogP contribution in [0.3, 0.4) is 0 Å². The van der Waals surface area contributed by atoms with Gasteiger partial charge in [0.05, 0.1) is 17.3 Å². The van der Waals surface area contributed by atoms with Gasteiger partial charge in [-0.05, 0) is 0 Å².